The Morgan fingerprint density at radius 3 is 2.76 bits per heavy atom. The van der Waals surface area contributed by atoms with E-state index >= 15 is 0 Å². The number of piperazine rings is 1. The van der Waals surface area contributed by atoms with Crippen LogP contribution in [0, 0.1) is 0 Å². The number of H-pyrrole nitrogens is 1. The van der Waals surface area contributed by atoms with Gasteiger partial charge in [-0.3, -0.25) is 4.90 Å². The Morgan fingerprint density at radius 2 is 2.00 bits per heavy atom. The normalized spacial score (nSPS) is 15.6. The Balaban J connectivity index is 0.00000161. The summed E-state index contributed by atoms with van der Waals surface area (Å²) < 4.78 is 5.33. The summed E-state index contributed by atoms with van der Waals surface area (Å²) in [5, 5.41) is 4.33. The zero-order valence-electron chi connectivity index (χ0n) is 11.8. The molecule has 0 atom stereocenters. The second-order valence-electron chi connectivity index (χ2n) is 5.00. The van der Waals surface area contributed by atoms with Crippen LogP contribution in [0.2, 0.25) is 0 Å². The van der Waals surface area contributed by atoms with Gasteiger partial charge in [0.15, 0.2) is 0 Å². The Bertz CT molecular complexity index is 560. The largest absolute Gasteiger partial charge is 0.460 e. The summed E-state index contributed by atoms with van der Waals surface area (Å²) in [7, 11) is 0. The molecule has 0 spiro atoms. The van der Waals surface area contributed by atoms with Gasteiger partial charge in [0.25, 0.3) is 0 Å². The van der Waals surface area contributed by atoms with Gasteiger partial charge in [0.05, 0.1) is 0 Å². The van der Waals surface area contributed by atoms with Crippen LogP contribution in [0.15, 0.2) is 30.3 Å². The number of carbonyl (C=O) groups is 1. The number of halogens is 1. The number of aromatic nitrogens is 1. The highest BCUT2D eigenvalue weighted by Crippen LogP contribution is 2.15. The zero-order chi connectivity index (χ0) is 13.8. The molecule has 3 rings (SSSR count). The van der Waals surface area contributed by atoms with Gasteiger partial charge in [-0.05, 0) is 12.1 Å². The number of hydrogen-bond acceptors (Lipinski definition) is 4. The van der Waals surface area contributed by atoms with E-state index in [4.69, 9.17) is 4.74 Å². The lowest BCUT2D eigenvalue weighted by atomic mass is 10.2. The number of carbonyl (C=O) groups excluding carboxylic acids is 1. The van der Waals surface area contributed by atoms with Gasteiger partial charge in [-0.25, -0.2) is 4.79 Å². The molecule has 2 heterocycles. The molecule has 1 saturated heterocycles. The van der Waals surface area contributed by atoms with Gasteiger partial charge < -0.3 is 15.0 Å². The number of aromatic amines is 1. The van der Waals surface area contributed by atoms with Crippen molar-refractivity contribution in [3.63, 3.8) is 0 Å². The number of ether oxygens (including phenoxy) is 1. The minimum absolute atomic E-state index is 0. The minimum Gasteiger partial charge on any atom is -0.460 e. The molecule has 114 valence electrons. The maximum Gasteiger partial charge on any atom is 0.354 e. The SMILES string of the molecule is Cl.O=C(OCCN1CCNCC1)c1cc2ccccc2[nH]1. The van der Waals surface area contributed by atoms with Crippen molar-refractivity contribution in [2.75, 3.05) is 39.3 Å². The first-order valence-electron chi connectivity index (χ1n) is 7.01. The van der Waals surface area contributed by atoms with Crippen molar-refractivity contribution in [3.05, 3.63) is 36.0 Å². The van der Waals surface area contributed by atoms with E-state index in [9.17, 15) is 4.79 Å². The van der Waals surface area contributed by atoms with E-state index in [0.29, 0.717) is 12.3 Å². The number of fused-ring (bicyclic) bond motifs is 1. The Morgan fingerprint density at radius 1 is 1.24 bits per heavy atom. The number of rotatable bonds is 4. The number of esters is 1. The molecule has 0 amide bonds. The number of benzene rings is 1. The van der Waals surface area contributed by atoms with Gasteiger partial charge >= 0.3 is 5.97 Å². The van der Waals surface area contributed by atoms with Crippen LogP contribution in [0.1, 0.15) is 10.5 Å². The molecule has 0 radical (unpaired) electrons. The highest BCUT2D eigenvalue weighted by molar-refractivity contribution is 5.94. The van der Waals surface area contributed by atoms with Crippen LogP contribution in [0.4, 0.5) is 0 Å². The van der Waals surface area contributed by atoms with Crippen LogP contribution in [0.3, 0.4) is 0 Å². The maximum absolute atomic E-state index is 12.0. The molecule has 1 aliphatic heterocycles. The first-order chi connectivity index (χ1) is 9.83. The lowest BCUT2D eigenvalue weighted by Crippen LogP contribution is -2.44. The van der Waals surface area contributed by atoms with Crippen molar-refractivity contribution in [1.29, 1.82) is 0 Å². The number of para-hydroxylation sites is 1. The fraction of sp³-hybridized carbons (Fsp3) is 0.400. The summed E-state index contributed by atoms with van der Waals surface area (Å²) in [4.78, 5) is 17.4. The minimum atomic E-state index is -0.281. The van der Waals surface area contributed by atoms with Gasteiger partial charge in [0.1, 0.15) is 12.3 Å². The topological polar surface area (TPSA) is 57.4 Å². The van der Waals surface area contributed by atoms with Gasteiger partial charge in [-0.2, -0.15) is 0 Å². The predicted molar refractivity (Wildman–Crippen MR) is 85.1 cm³/mol. The molecule has 2 aromatic rings. The third-order valence-electron chi connectivity index (χ3n) is 3.60. The Hall–Kier alpha value is -1.56. The van der Waals surface area contributed by atoms with E-state index < -0.39 is 0 Å². The molecule has 0 bridgehead atoms. The third kappa shape index (κ3) is 3.97. The Labute approximate surface area is 130 Å². The first-order valence-corrected chi connectivity index (χ1v) is 7.01. The van der Waals surface area contributed by atoms with Crippen molar-refractivity contribution >= 4 is 29.3 Å². The fourth-order valence-electron chi connectivity index (χ4n) is 2.46. The first kappa shape index (κ1) is 15.8. The lowest BCUT2D eigenvalue weighted by molar-refractivity contribution is 0.0450. The monoisotopic (exact) mass is 309 g/mol. The van der Waals surface area contributed by atoms with E-state index in [0.717, 1.165) is 43.6 Å². The summed E-state index contributed by atoms with van der Waals surface area (Å²) >= 11 is 0. The second-order valence-corrected chi connectivity index (χ2v) is 5.00. The molecule has 1 fully saturated rings. The molecule has 5 nitrogen and oxygen atoms in total. The standard InChI is InChI=1S/C15H19N3O2.ClH/c19-15(20-10-9-18-7-5-16-6-8-18)14-11-12-3-1-2-4-13(12)17-14;/h1-4,11,16-17H,5-10H2;1H. The van der Waals surface area contributed by atoms with Crippen molar-refractivity contribution in [2.24, 2.45) is 0 Å². The van der Waals surface area contributed by atoms with Gasteiger partial charge in [0, 0.05) is 43.6 Å². The van der Waals surface area contributed by atoms with E-state index in [1.807, 2.05) is 30.3 Å². The average molecular weight is 310 g/mol. The molecule has 0 unspecified atom stereocenters. The van der Waals surface area contributed by atoms with Crippen LogP contribution in [0.5, 0.6) is 0 Å². The summed E-state index contributed by atoms with van der Waals surface area (Å²) in [6, 6.07) is 9.66. The van der Waals surface area contributed by atoms with Crippen LogP contribution in [-0.4, -0.2) is 55.2 Å². The van der Waals surface area contributed by atoms with Crippen LogP contribution < -0.4 is 5.32 Å². The molecule has 21 heavy (non-hydrogen) atoms. The van der Waals surface area contributed by atoms with Crippen molar-refractivity contribution in [3.8, 4) is 0 Å². The number of nitrogens with zero attached hydrogens (tertiary/aromatic N) is 1. The molecular weight excluding hydrogens is 290 g/mol. The average Bonchev–Trinajstić information content (AvgIpc) is 2.92. The highest BCUT2D eigenvalue weighted by atomic mass is 35.5. The van der Waals surface area contributed by atoms with Crippen LogP contribution >= 0.6 is 12.4 Å². The number of hydrogen-bond donors (Lipinski definition) is 2. The quantitative estimate of drug-likeness (QED) is 0.843. The lowest BCUT2D eigenvalue weighted by Gasteiger charge is -2.26. The highest BCUT2D eigenvalue weighted by Gasteiger charge is 2.13. The van der Waals surface area contributed by atoms with E-state index in [1.54, 1.807) is 0 Å². The van der Waals surface area contributed by atoms with E-state index in [2.05, 4.69) is 15.2 Å². The van der Waals surface area contributed by atoms with Crippen molar-refractivity contribution < 1.29 is 9.53 Å². The zero-order valence-corrected chi connectivity index (χ0v) is 12.6. The van der Waals surface area contributed by atoms with E-state index in [-0.39, 0.29) is 18.4 Å². The van der Waals surface area contributed by atoms with E-state index in [1.165, 1.54) is 0 Å². The van der Waals surface area contributed by atoms with Gasteiger partial charge in [0.2, 0.25) is 0 Å². The molecule has 0 aliphatic carbocycles. The molecule has 1 aromatic heterocycles. The summed E-state index contributed by atoms with van der Waals surface area (Å²) in [5.74, 6) is -0.281. The molecule has 2 N–H and O–H groups in total. The summed E-state index contributed by atoms with van der Waals surface area (Å²) in [5.41, 5.74) is 1.48. The van der Waals surface area contributed by atoms with Crippen LogP contribution in [-0.2, 0) is 4.74 Å². The Kier molecular flexibility index (Phi) is 5.61. The second kappa shape index (κ2) is 7.45. The van der Waals surface area contributed by atoms with Crippen molar-refractivity contribution in [1.82, 2.24) is 15.2 Å². The third-order valence-corrected chi connectivity index (χ3v) is 3.60. The van der Waals surface area contributed by atoms with Crippen molar-refractivity contribution in [2.45, 2.75) is 0 Å². The smallest absolute Gasteiger partial charge is 0.354 e. The molecule has 1 aromatic carbocycles. The molecule has 1 aliphatic rings. The number of nitrogens with one attached hydrogen (secondary N) is 2. The predicted octanol–water partition coefficient (Wildman–Crippen LogP) is 1.65. The molecular formula is C15H20ClN3O2. The van der Waals surface area contributed by atoms with Gasteiger partial charge in [-0.15, -0.1) is 12.4 Å². The summed E-state index contributed by atoms with van der Waals surface area (Å²) in [6.07, 6.45) is 0. The maximum atomic E-state index is 12.0. The molecule has 0 saturated carbocycles. The van der Waals surface area contributed by atoms with Crippen LogP contribution in [0.25, 0.3) is 10.9 Å². The molecule has 6 heteroatoms. The fourth-order valence-corrected chi connectivity index (χ4v) is 2.46. The van der Waals surface area contributed by atoms with Gasteiger partial charge in [-0.1, -0.05) is 18.2 Å². The summed E-state index contributed by atoms with van der Waals surface area (Å²) in [6.45, 7) is 5.29.